The lowest BCUT2D eigenvalue weighted by molar-refractivity contribution is -0.138. The van der Waals surface area contributed by atoms with Crippen molar-refractivity contribution in [2.75, 3.05) is 7.05 Å². The van der Waals surface area contributed by atoms with Crippen LogP contribution in [0.15, 0.2) is 35.5 Å². The van der Waals surface area contributed by atoms with Crippen LogP contribution in [0.2, 0.25) is 0 Å². The van der Waals surface area contributed by atoms with E-state index in [9.17, 15) is 4.79 Å². The molecule has 0 N–H and O–H groups in total. The van der Waals surface area contributed by atoms with Gasteiger partial charge >= 0.3 is 0 Å². The van der Waals surface area contributed by atoms with Gasteiger partial charge in [-0.3, -0.25) is 4.79 Å². The van der Waals surface area contributed by atoms with Crippen molar-refractivity contribution in [2.24, 2.45) is 17.0 Å². The van der Waals surface area contributed by atoms with Gasteiger partial charge in [-0.25, -0.2) is 0 Å². The van der Waals surface area contributed by atoms with Crippen LogP contribution in [0.1, 0.15) is 12.0 Å². The molecule has 0 aromatic heterocycles. The Kier molecular flexibility index (Phi) is 1.88. The molecule has 1 saturated heterocycles. The van der Waals surface area contributed by atoms with Gasteiger partial charge in [0.25, 0.3) is 0 Å². The molecule has 4 unspecified atom stereocenters. The number of likely N-dealkylation sites (tertiary alicyclic amines) is 1. The predicted molar refractivity (Wildman–Crippen MR) is 66.0 cm³/mol. The van der Waals surface area contributed by atoms with Gasteiger partial charge in [0, 0.05) is 7.05 Å². The molecule has 1 saturated carbocycles. The van der Waals surface area contributed by atoms with Crippen LogP contribution in [0.25, 0.3) is 0 Å². The van der Waals surface area contributed by atoms with Crippen molar-refractivity contribution in [3.63, 3.8) is 0 Å². The Morgan fingerprint density at radius 2 is 2.11 bits per heavy atom. The van der Waals surface area contributed by atoms with Crippen LogP contribution in [0, 0.1) is 11.8 Å². The molecule has 0 radical (unpaired) electrons. The lowest BCUT2D eigenvalue weighted by atomic mass is 9.85. The second kappa shape index (κ2) is 3.34. The average Bonchev–Trinajstić information content (AvgIpc) is 3.04. The number of carbonyl (C=O) groups excluding carboxylic acids is 1. The minimum atomic E-state index is 0.0615. The third kappa shape index (κ3) is 1.10. The Morgan fingerprint density at radius 3 is 2.89 bits per heavy atom. The molecule has 2 heterocycles. The lowest BCUT2D eigenvalue weighted by Crippen LogP contribution is -2.47. The van der Waals surface area contributed by atoms with Crippen LogP contribution < -0.4 is 0 Å². The molecule has 92 valence electrons. The first-order valence-corrected chi connectivity index (χ1v) is 6.33. The summed E-state index contributed by atoms with van der Waals surface area (Å²) in [5.41, 5.74) is 2.03. The van der Waals surface area contributed by atoms with E-state index in [-0.39, 0.29) is 29.9 Å². The van der Waals surface area contributed by atoms with Crippen molar-refractivity contribution in [1.82, 2.24) is 4.90 Å². The highest BCUT2D eigenvalue weighted by atomic mass is 16.6. The summed E-state index contributed by atoms with van der Waals surface area (Å²) in [5, 5.41) is 4.24. The smallest absolute Gasteiger partial charge is 0.226 e. The number of carbonyl (C=O) groups is 1. The highest BCUT2D eigenvalue weighted by molar-refractivity contribution is 6.06. The molecule has 2 bridgehead atoms. The first-order chi connectivity index (χ1) is 8.77. The minimum Gasteiger partial charge on any atom is -0.389 e. The molecule has 4 nitrogen and oxygen atoms in total. The molecule has 1 aromatic rings. The number of fused-ring (bicyclic) bond motifs is 5. The topological polar surface area (TPSA) is 41.9 Å². The highest BCUT2D eigenvalue weighted by Crippen LogP contribution is 2.48. The third-order valence-electron chi connectivity index (χ3n) is 4.48. The van der Waals surface area contributed by atoms with Crippen molar-refractivity contribution >= 4 is 11.6 Å². The van der Waals surface area contributed by atoms with Crippen molar-refractivity contribution < 1.29 is 9.63 Å². The number of oxime groups is 1. The largest absolute Gasteiger partial charge is 0.389 e. The van der Waals surface area contributed by atoms with Crippen molar-refractivity contribution in [3.05, 3.63) is 35.9 Å². The molecular weight excluding hydrogens is 228 g/mol. The second-order valence-electron chi connectivity index (χ2n) is 5.30. The molecule has 4 rings (SSSR count). The molecule has 2 fully saturated rings. The van der Waals surface area contributed by atoms with Gasteiger partial charge in [0.1, 0.15) is 0 Å². The summed E-state index contributed by atoms with van der Waals surface area (Å²) in [6, 6.07) is 10.2. The zero-order chi connectivity index (χ0) is 12.3. The Labute approximate surface area is 105 Å². The Bertz CT molecular complexity index is 540. The maximum absolute atomic E-state index is 12.1. The summed E-state index contributed by atoms with van der Waals surface area (Å²) < 4.78 is 0. The minimum absolute atomic E-state index is 0.0615. The van der Waals surface area contributed by atoms with E-state index in [1.807, 2.05) is 42.3 Å². The number of hydrogen-bond donors (Lipinski definition) is 0. The molecule has 1 aliphatic carbocycles. The quantitative estimate of drug-likeness (QED) is 0.744. The van der Waals surface area contributed by atoms with E-state index in [1.54, 1.807) is 0 Å². The number of benzene rings is 1. The van der Waals surface area contributed by atoms with Crippen LogP contribution in [-0.4, -0.2) is 35.7 Å². The summed E-state index contributed by atoms with van der Waals surface area (Å²) in [4.78, 5) is 19.5. The predicted octanol–water partition coefficient (Wildman–Crippen LogP) is 1.27. The van der Waals surface area contributed by atoms with Gasteiger partial charge in [0.15, 0.2) is 6.10 Å². The average molecular weight is 242 g/mol. The lowest BCUT2D eigenvalue weighted by Gasteiger charge is -2.30. The summed E-state index contributed by atoms with van der Waals surface area (Å²) in [5.74, 6) is 0.461. The van der Waals surface area contributed by atoms with Gasteiger partial charge in [-0.1, -0.05) is 35.5 Å². The number of piperidine rings is 1. The fraction of sp³-hybridized carbons (Fsp3) is 0.429. The summed E-state index contributed by atoms with van der Waals surface area (Å²) in [7, 11) is 1.87. The van der Waals surface area contributed by atoms with E-state index in [4.69, 9.17) is 4.84 Å². The monoisotopic (exact) mass is 242 g/mol. The molecule has 4 heteroatoms. The molecular formula is C14H14N2O2. The maximum Gasteiger partial charge on any atom is 0.226 e. The van der Waals surface area contributed by atoms with Crippen LogP contribution in [0.3, 0.4) is 0 Å². The van der Waals surface area contributed by atoms with Gasteiger partial charge in [-0.15, -0.1) is 0 Å². The summed E-state index contributed by atoms with van der Waals surface area (Å²) >= 11 is 0. The van der Waals surface area contributed by atoms with Gasteiger partial charge in [0.05, 0.1) is 23.6 Å². The van der Waals surface area contributed by atoms with E-state index in [1.165, 1.54) is 0 Å². The fourth-order valence-electron chi connectivity index (χ4n) is 3.58. The standard InChI is InChI=1S/C14H14N2O2/c1-16-10-7-9(14(16)17)11-12(15-18-13(10)11)8-5-3-2-4-6-8/h2-6,9-11,13H,7H2,1H3. The van der Waals surface area contributed by atoms with Crippen LogP contribution in [-0.2, 0) is 9.63 Å². The Morgan fingerprint density at radius 1 is 1.33 bits per heavy atom. The molecule has 18 heavy (non-hydrogen) atoms. The van der Waals surface area contributed by atoms with Crippen molar-refractivity contribution in [3.8, 4) is 0 Å². The van der Waals surface area contributed by atoms with E-state index in [0.29, 0.717) is 0 Å². The van der Waals surface area contributed by atoms with E-state index < -0.39 is 0 Å². The first kappa shape index (κ1) is 10.1. The molecule has 2 aliphatic heterocycles. The number of rotatable bonds is 1. The third-order valence-corrected chi connectivity index (χ3v) is 4.48. The SMILES string of the molecule is CN1C(=O)C2CC1C1ON=C(c3ccccc3)C21. The number of nitrogens with zero attached hydrogens (tertiary/aromatic N) is 2. The van der Waals surface area contributed by atoms with Crippen LogP contribution >= 0.6 is 0 Å². The summed E-state index contributed by atoms with van der Waals surface area (Å²) in [6.45, 7) is 0. The zero-order valence-electron chi connectivity index (χ0n) is 10.1. The van der Waals surface area contributed by atoms with Gasteiger partial charge in [-0.05, 0) is 12.0 Å². The van der Waals surface area contributed by atoms with Crippen molar-refractivity contribution in [2.45, 2.75) is 18.6 Å². The molecule has 3 aliphatic rings. The van der Waals surface area contributed by atoms with Crippen LogP contribution in [0.4, 0.5) is 0 Å². The highest BCUT2D eigenvalue weighted by Gasteiger charge is 2.61. The molecule has 4 atom stereocenters. The van der Waals surface area contributed by atoms with E-state index in [0.717, 1.165) is 17.7 Å². The molecule has 1 amide bonds. The van der Waals surface area contributed by atoms with E-state index >= 15 is 0 Å². The maximum atomic E-state index is 12.1. The number of likely N-dealkylation sites (N-methyl/N-ethyl adjacent to an activating group) is 1. The zero-order valence-corrected chi connectivity index (χ0v) is 10.1. The number of hydrogen-bond acceptors (Lipinski definition) is 3. The van der Waals surface area contributed by atoms with E-state index in [2.05, 4.69) is 5.16 Å². The summed E-state index contributed by atoms with van der Waals surface area (Å²) in [6.07, 6.45) is 0.976. The first-order valence-electron chi connectivity index (χ1n) is 6.33. The van der Waals surface area contributed by atoms with Gasteiger partial charge < -0.3 is 9.74 Å². The molecule has 0 spiro atoms. The van der Waals surface area contributed by atoms with Gasteiger partial charge in [-0.2, -0.15) is 0 Å². The number of amides is 1. The van der Waals surface area contributed by atoms with Crippen molar-refractivity contribution in [1.29, 1.82) is 0 Å². The Hall–Kier alpha value is -1.84. The van der Waals surface area contributed by atoms with Crippen LogP contribution in [0.5, 0.6) is 0 Å². The second-order valence-corrected chi connectivity index (χ2v) is 5.30. The Balaban J connectivity index is 1.73. The normalized spacial score (nSPS) is 36.6. The molecule has 1 aromatic carbocycles. The fourth-order valence-corrected chi connectivity index (χ4v) is 3.58. The van der Waals surface area contributed by atoms with Gasteiger partial charge in [0.2, 0.25) is 5.91 Å².